The lowest BCUT2D eigenvalue weighted by Gasteiger charge is -2.27. The number of amides is 1. The fourth-order valence-electron chi connectivity index (χ4n) is 2.58. The van der Waals surface area contributed by atoms with E-state index in [1.807, 2.05) is 0 Å². The highest BCUT2D eigenvalue weighted by Crippen LogP contribution is 2.35. The van der Waals surface area contributed by atoms with Crippen LogP contribution in [0.25, 0.3) is 0 Å². The molecule has 0 saturated heterocycles. The molecule has 0 bridgehead atoms. The molecule has 2 aromatic rings. The van der Waals surface area contributed by atoms with Crippen LogP contribution >= 0.6 is 34.8 Å². The Hall–Kier alpha value is -1.48. The molecule has 0 spiro atoms. The topological polar surface area (TPSA) is 47.4 Å². The Morgan fingerprint density at radius 2 is 1.96 bits per heavy atom. The predicted octanol–water partition coefficient (Wildman–Crippen LogP) is 5.09. The van der Waals surface area contributed by atoms with Crippen LogP contribution < -0.4 is 0 Å². The molecule has 0 aliphatic carbocycles. The van der Waals surface area contributed by atoms with Crippen molar-refractivity contribution in [2.24, 2.45) is 7.05 Å². The van der Waals surface area contributed by atoms with Crippen LogP contribution in [0.4, 0.5) is 13.2 Å². The van der Waals surface area contributed by atoms with Crippen LogP contribution in [-0.2, 0) is 18.3 Å². The highest BCUT2D eigenvalue weighted by molar-refractivity contribution is 6.48. The highest BCUT2D eigenvalue weighted by atomic mass is 35.5. The van der Waals surface area contributed by atoms with Crippen molar-refractivity contribution in [3.05, 3.63) is 50.0 Å². The van der Waals surface area contributed by atoms with Crippen LogP contribution in [0.5, 0.6) is 0 Å². The van der Waals surface area contributed by atoms with Crippen LogP contribution in [0.15, 0.2) is 12.3 Å². The van der Waals surface area contributed by atoms with Gasteiger partial charge in [0.1, 0.15) is 11.5 Å². The molecule has 1 amide bonds. The third kappa shape index (κ3) is 4.51. The van der Waals surface area contributed by atoms with Gasteiger partial charge in [0, 0.05) is 18.8 Å². The van der Waals surface area contributed by atoms with Gasteiger partial charge in [-0.05, 0) is 19.4 Å². The van der Waals surface area contributed by atoms with Crippen LogP contribution in [0.2, 0.25) is 15.1 Å². The van der Waals surface area contributed by atoms with E-state index in [1.54, 1.807) is 0 Å². The van der Waals surface area contributed by atoms with Gasteiger partial charge in [-0.2, -0.15) is 5.10 Å². The molecule has 5 nitrogen and oxygen atoms in total. The van der Waals surface area contributed by atoms with Crippen LogP contribution in [0.3, 0.4) is 0 Å². The van der Waals surface area contributed by atoms with Crippen molar-refractivity contribution in [3.8, 4) is 0 Å². The lowest BCUT2D eigenvalue weighted by molar-refractivity contribution is -0.119. The number of hydrogen-bond acceptors (Lipinski definition) is 3. The van der Waals surface area contributed by atoms with E-state index < -0.39 is 29.9 Å². The summed E-state index contributed by atoms with van der Waals surface area (Å²) in [5.74, 6) is -1.55. The van der Waals surface area contributed by atoms with Crippen molar-refractivity contribution in [2.75, 3.05) is 7.11 Å². The van der Waals surface area contributed by atoms with Crippen LogP contribution in [-0.4, -0.2) is 33.9 Å². The van der Waals surface area contributed by atoms with E-state index >= 15 is 0 Å². The van der Waals surface area contributed by atoms with Gasteiger partial charge in [-0.3, -0.25) is 14.3 Å². The molecule has 0 N–H and O–H groups in total. The van der Waals surface area contributed by atoms with Crippen molar-refractivity contribution in [1.29, 1.82) is 0 Å². The van der Waals surface area contributed by atoms with Gasteiger partial charge < -0.3 is 0 Å². The van der Waals surface area contributed by atoms with Gasteiger partial charge in [-0.1, -0.05) is 34.8 Å². The molecule has 27 heavy (non-hydrogen) atoms. The number of alkyl halides is 2. The molecule has 0 fully saturated rings. The smallest absolute Gasteiger partial charge is 0.275 e. The molecule has 1 aromatic heterocycles. The van der Waals surface area contributed by atoms with E-state index in [9.17, 15) is 18.0 Å². The summed E-state index contributed by atoms with van der Waals surface area (Å²) < 4.78 is 41.6. The number of aromatic nitrogens is 2. The summed E-state index contributed by atoms with van der Waals surface area (Å²) in [6, 6.07) is 0.241. The summed E-state index contributed by atoms with van der Waals surface area (Å²) >= 11 is 17.8. The molecule has 1 heterocycles. The molecule has 1 atom stereocenters. The quantitative estimate of drug-likeness (QED) is 0.354. The maximum atomic E-state index is 14.2. The van der Waals surface area contributed by atoms with Crippen molar-refractivity contribution >= 4 is 40.7 Å². The molecular formula is C16H15Cl3F3N3O2. The average molecular weight is 445 g/mol. The zero-order valence-electron chi connectivity index (χ0n) is 14.4. The Morgan fingerprint density at radius 1 is 1.33 bits per heavy atom. The molecular weight excluding hydrogens is 430 g/mol. The number of carbonyl (C=O) groups excluding carboxylic acids is 1. The second-order valence-electron chi connectivity index (χ2n) is 5.72. The first kappa shape index (κ1) is 21.8. The summed E-state index contributed by atoms with van der Waals surface area (Å²) in [4.78, 5) is 17.7. The summed E-state index contributed by atoms with van der Waals surface area (Å²) in [5.41, 5.74) is -0.967. The minimum Gasteiger partial charge on any atom is -0.275 e. The lowest BCUT2D eigenvalue weighted by atomic mass is 10.1. The minimum absolute atomic E-state index is 0.0219. The normalized spacial score (nSPS) is 12.5. The number of halogens is 6. The van der Waals surface area contributed by atoms with Crippen LogP contribution in [0, 0.1) is 5.82 Å². The Kier molecular flexibility index (Phi) is 7.02. The number of hydrogen-bond donors (Lipinski definition) is 0. The second-order valence-corrected chi connectivity index (χ2v) is 6.88. The van der Waals surface area contributed by atoms with Gasteiger partial charge in [0.25, 0.3) is 12.3 Å². The van der Waals surface area contributed by atoms with Gasteiger partial charge in [0.05, 0.1) is 33.8 Å². The van der Waals surface area contributed by atoms with Crippen LogP contribution in [0.1, 0.15) is 35.0 Å². The van der Waals surface area contributed by atoms with Gasteiger partial charge in [-0.15, -0.1) is 0 Å². The predicted molar refractivity (Wildman–Crippen MR) is 95.9 cm³/mol. The number of hydroxylamine groups is 2. The van der Waals surface area contributed by atoms with Crippen molar-refractivity contribution in [3.63, 3.8) is 0 Å². The molecule has 0 aliphatic rings. The Morgan fingerprint density at radius 3 is 2.52 bits per heavy atom. The molecule has 0 saturated carbocycles. The number of aryl methyl sites for hydroxylation is 1. The maximum absolute atomic E-state index is 14.2. The first-order chi connectivity index (χ1) is 12.6. The van der Waals surface area contributed by atoms with Gasteiger partial charge >= 0.3 is 0 Å². The molecule has 1 unspecified atom stereocenters. The molecule has 0 radical (unpaired) electrons. The van der Waals surface area contributed by atoms with E-state index in [4.69, 9.17) is 39.6 Å². The standard InChI is InChI=1S/C16H15Cl3F3N3O2/c1-7(4-8-11(20)5-10(17)13(19)12(8)18)25(27-3)16(26)9-6-24(2)23-14(9)15(21)22/h5-7,15H,4H2,1-3H3. The SMILES string of the molecule is CON(C(=O)c1cn(C)nc1C(F)F)C(C)Cc1c(F)cc(Cl)c(Cl)c1Cl. The summed E-state index contributed by atoms with van der Waals surface area (Å²) in [7, 11) is 2.60. The van der Waals surface area contributed by atoms with E-state index in [2.05, 4.69) is 5.10 Å². The van der Waals surface area contributed by atoms with E-state index in [0.717, 1.165) is 22.0 Å². The highest BCUT2D eigenvalue weighted by Gasteiger charge is 2.30. The Balaban J connectivity index is 2.33. The van der Waals surface area contributed by atoms with Gasteiger partial charge in [0.2, 0.25) is 0 Å². The monoisotopic (exact) mass is 443 g/mol. The fourth-order valence-corrected chi connectivity index (χ4v) is 3.26. The first-order valence-electron chi connectivity index (χ1n) is 7.59. The van der Waals surface area contributed by atoms with E-state index in [1.165, 1.54) is 21.1 Å². The maximum Gasteiger partial charge on any atom is 0.282 e. The summed E-state index contributed by atoms with van der Waals surface area (Å²) in [6.07, 6.45) is -1.87. The minimum atomic E-state index is -2.94. The number of rotatable bonds is 6. The fraction of sp³-hybridized carbons (Fsp3) is 0.375. The first-order valence-corrected chi connectivity index (χ1v) is 8.73. The van der Waals surface area contributed by atoms with Crippen molar-refractivity contribution < 1.29 is 22.8 Å². The molecule has 11 heteroatoms. The third-order valence-corrected chi connectivity index (χ3v) is 5.10. The second kappa shape index (κ2) is 8.68. The number of nitrogens with zero attached hydrogens (tertiary/aromatic N) is 3. The Labute approximate surface area is 168 Å². The third-order valence-electron chi connectivity index (χ3n) is 3.80. The number of carbonyl (C=O) groups is 1. The molecule has 0 aliphatic heterocycles. The van der Waals surface area contributed by atoms with E-state index in [0.29, 0.717) is 0 Å². The summed E-state index contributed by atoms with van der Waals surface area (Å²) in [6.45, 7) is 1.54. The Bertz CT molecular complexity index is 861. The molecule has 148 valence electrons. The van der Waals surface area contributed by atoms with Crippen molar-refractivity contribution in [2.45, 2.75) is 25.8 Å². The van der Waals surface area contributed by atoms with Gasteiger partial charge in [0.15, 0.2) is 0 Å². The zero-order chi connectivity index (χ0) is 20.5. The largest absolute Gasteiger partial charge is 0.282 e. The molecule has 1 aromatic carbocycles. The lowest BCUT2D eigenvalue weighted by Crippen LogP contribution is -2.39. The number of benzene rings is 1. The average Bonchev–Trinajstić information content (AvgIpc) is 2.99. The zero-order valence-corrected chi connectivity index (χ0v) is 16.7. The molecule has 2 rings (SSSR count). The van der Waals surface area contributed by atoms with Gasteiger partial charge in [-0.25, -0.2) is 18.2 Å². The van der Waals surface area contributed by atoms with E-state index in [-0.39, 0.29) is 32.6 Å². The van der Waals surface area contributed by atoms with Crippen molar-refractivity contribution in [1.82, 2.24) is 14.8 Å². The summed E-state index contributed by atoms with van der Waals surface area (Å²) in [5, 5.41) is 4.28.